The van der Waals surface area contributed by atoms with Crippen LogP contribution in [0.5, 0.6) is 5.88 Å². The van der Waals surface area contributed by atoms with Crippen LogP contribution in [0.2, 0.25) is 5.02 Å². The molecule has 2 fully saturated rings. The fourth-order valence-electron chi connectivity index (χ4n) is 4.28. The second-order valence-electron chi connectivity index (χ2n) is 9.36. The van der Waals surface area contributed by atoms with Crippen LogP contribution in [-0.4, -0.2) is 69.0 Å². The van der Waals surface area contributed by atoms with Crippen LogP contribution in [-0.2, 0) is 14.2 Å². The van der Waals surface area contributed by atoms with Crippen LogP contribution in [0.1, 0.15) is 24.2 Å². The summed E-state index contributed by atoms with van der Waals surface area (Å²) in [4.78, 5) is 35.8. The van der Waals surface area contributed by atoms with Gasteiger partial charge in [-0.1, -0.05) is 29.8 Å². The van der Waals surface area contributed by atoms with Gasteiger partial charge in [0.25, 0.3) is 0 Å². The van der Waals surface area contributed by atoms with Gasteiger partial charge in [0, 0.05) is 11.9 Å². The molecular weight excluding hydrogens is 546 g/mol. The molecule has 2 saturated heterocycles. The van der Waals surface area contributed by atoms with Gasteiger partial charge in [-0.25, -0.2) is 24.5 Å². The van der Waals surface area contributed by atoms with Crippen molar-refractivity contribution in [2.45, 2.75) is 44.2 Å². The van der Waals surface area contributed by atoms with Crippen LogP contribution in [0.15, 0.2) is 48.9 Å². The molecule has 14 nitrogen and oxygen atoms in total. The number of carboxylic acid groups (broad SMARTS) is 1. The first-order valence-corrected chi connectivity index (χ1v) is 12.5. The van der Waals surface area contributed by atoms with Gasteiger partial charge in [0.1, 0.15) is 42.0 Å². The van der Waals surface area contributed by atoms with Crippen LogP contribution in [0.4, 0.5) is 27.8 Å². The van der Waals surface area contributed by atoms with Gasteiger partial charge in [0.2, 0.25) is 5.88 Å². The smallest absolute Gasteiger partial charge is 0.337 e. The van der Waals surface area contributed by atoms with Crippen LogP contribution in [0.25, 0.3) is 0 Å². The SMILES string of the molecule is CC1(C)OC2C(COc3ncc(C(=O)O)cc3Cl)OC(Nc3ncnc(NC(=O)Nc4ccccc4)c3N)C2O1. The largest absolute Gasteiger partial charge is 0.478 e. The van der Waals surface area contributed by atoms with E-state index in [9.17, 15) is 9.59 Å². The molecule has 1 aromatic carbocycles. The van der Waals surface area contributed by atoms with E-state index in [1.54, 1.807) is 38.1 Å². The van der Waals surface area contributed by atoms with Crippen molar-refractivity contribution < 1.29 is 33.6 Å². The molecule has 3 aromatic rings. The molecule has 2 aliphatic heterocycles. The summed E-state index contributed by atoms with van der Waals surface area (Å²) >= 11 is 6.14. The quantitative estimate of drug-likeness (QED) is 0.265. The molecular formula is C25H26ClN7O7. The number of benzene rings is 1. The Kier molecular flexibility index (Phi) is 7.58. The summed E-state index contributed by atoms with van der Waals surface area (Å²) in [6.45, 7) is 3.52. The topological polar surface area (TPSA) is 192 Å². The number of nitrogens with two attached hydrogens (primary N) is 1. The number of carboxylic acids is 1. The highest BCUT2D eigenvalue weighted by Gasteiger charge is 2.55. The average molecular weight is 572 g/mol. The van der Waals surface area contributed by atoms with Gasteiger partial charge in [0.15, 0.2) is 23.7 Å². The molecule has 0 bridgehead atoms. The third kappa shape index (κ3) is 5.99. The van der Waals surface area contributed by atoms with Gasteiger partial charge in [0.05, 0.1) is 5.56 Å². The molecule has 0 saturated carbocycles. The Hall–Kier alpha value is -4.24. The van der Waals surface area contributed by atoms with Gasteiger partial charge in [-0.05, 0) is 32.0 Å². The second-order valence-corrected chi connectivity index (χ2v) is 9.77. The number of amides is 2. The van der Waals surface area contributed by atoms with Crippen molar-refractivity contribution in [3.63, 3.8) is 0 Å². The van der Waals surface area contributed by atoms with E-state index in [-0.39, 0.29) is 40.4 Å². The van der Waals surface area contributed by atoms with Crippen molar-refractivity contribution in [1.82, 2.24) is 15.0 Å². The number of urea groups is 1. The van der Waals surface area contributed by atoms with E-state index in [1.807, 2.05) is 6.07 Å². The first kappa shape index (κ1) is 27.3. The lowest BCUT2D eigenvalue weighted by atomic mass is 10.1. The van der Waals surface area contributed by atoms with Gasteiger partial charge < -0.3 is 40.4 Å². The summed E-state index contributed by atoms with van der Waals surface area (Å²) in [5, 5.41) is 17.5. The van der Waals surface area contributed by atoms with E-state index < -0.39 is 42.3 Å². The number of hydrogen-bond acceptors (Lipinski definition) is 11. The summed E-state index contributed by atoms with van der Waals surface area (Å²) < 4.78 is 24.0. The van der Waals surface area contributed by atoms with Crippen LogP contribution >= 0.6 is 11.6 Å². The molecule has 6 N–H and O–H groups in total. The van der Waals surface area contributed by atoms with E-state index >= 15 is 0 Å². The van der Waals surface area contributed by atoms with Gasteiger partial charge in [-0.3, -0.25) is 5.32 Å². The van der Waals surface area contributed by atoms with Gasteiger partial charge >= 0.3 is 12.0 Å². The minimum Gasteiger partial charge on any atom is -0.478 e. The molecule has 2 amide bonds. The highest BCUT2D eigenvalue weighted by Crippen LogP contribution is 2.40. The van der Waals surface area contributed by atoms with Gasteiger partial charge in [-0.15, -0.1) is 0 Å². The summed E-state index contributed by atoms with van der Waals surface area (Å²) in [5.74, 6) is -1.72. The summed E-state index contributed by atoms with van der Waals surface area (Å²) in [6.07, 6.45) is -0.113. The van der Waals surface area contributed by atoms with E-state index in [1.165, 1.54) is 12.4 Å². The first-order valence-electron chi connectivity index (χ1n) is 12.1. The molecule has 5 rings (SSSR count). The number of para-hydroxylation sites is 1. The predicted octanol–water partition coefficient (Wildman–Crippen LogP) is 3.19. The summed E-state index contributed by atoms with van der Waals surface area (Å²) in [6, 6.07) is 9.61. The molecule has 4 atom stereocenters. The third-order valence-corrected chi connectivity index (χ3v) is 6.29. The van der Waals surface area contributed by atoms with Gasteiger partial charge in [-0.2, -0.15) is 0 Å². The average Bonchev–Trinajstić information content (AvgIpc) is 3.39. The molecule has 40 heavy (non-hydrogen) atoms. The Labute approximate surface area is 233 Å². The lowest BCUT2D eigenvalue weighted by molar-refractivity contribution is -0.186. The number of ether oxygens (including phenoxy) is 4. The molecule has 0 radical (unpaired) electrons. The van der Waals surface area contributed by atoms with Crippen molar-refractivity contribution in [2.75, 3.05) is 28.3 Å². The molecule has 15 heteroatoms. The maximum Gasteiger partial charge on any atom is 0.337 e. The number of aromatic nitrogens is 3. The Morgan fingerprint density at radius 1 is 1.10 bits per heavy atom. The number of aromatic carboxylic acids is 1. The van der Waals surface area contributed by atoms with Crippen molar-refractivity contribution >= 4 is 46.6 Å². The zero-order chi connectivity index (χ0) is 28.4. The van der Waals surface area contributed by atoms with Crippen molar-refractivity contribution in [1.29, 1.82) is 0 Å². The molecule has 2 aromatic heterocycles. The third-order valence-electron chi connectivity index (χ3n) is 6.01. The van der Waals surface area contributed by atoms with E-state index in [2.05, 4.69) is 30.9 Å². The number of halogens is 1. The normalized spacial score (nSPS) is 22.8. The molecule has 4 heterocycles. The molecule has 210 valence electrons. The minimum atomic E-state index is -1.16. The Morgan fingerprint density at radius 3 is 2.55 bits per heavy atom. The summed E-state index contributed by atoms with van der Waals surface area (Å²) in [5.41, 5.74) is 6.88. The highest BCUT2D eigenvalue weighted by atomic mass is 35.5. The number of rotatable bonds is 8. The Morgan fingerprint density at radius 2 is 1.82 bits per heavy atom. The standard InChI is InChI=1S/C25H26ClN7O7/c1-25(2)39-17-15(10-37-21-14(26)8-12(9-28-21)23(34)35)38-22(18(17)40-25)32-19-16(27)20(30-11-29-19)33-24(36)31-13-6-4-3-5-7-13/h3-9,11,15,17-18,22H,10,27H2,1-2H3,(H,34,35)(H3,29,30,31,32,33,36). The molecule has 4 unspecified atom stereocenters. The zero-order valence-electron chi connectivity index (χ0n) is 21.3. The maximum atomic E-state index is 12.4. The van der Waals surface area contributed by atoms with E-state index in [0.29, 0.717) is 5.69 Å². The Balaban J connectivity index is 1.27. The number of carbonyl (C=O) groups excluding carboxylic acids is 1. The highest BCUT2D eigenvalue weighted by molar-refractivity contribution is 6.32. The lowest BCUT2D eigenvalue weighted by Gasteiger charge is -2.25. The number of pyridine rings is 1. The predicted molar refractivity (Wildman–Crippen MR) is 143 cm³/mol. The number of fused-ring (bicyclic) bond motifs is 1. The van der Waals surface area contributed by atoms with Crippen LogP contribution < -0.4 is 26.4 Å². The molecule has 0 spiro atoms. The first-order chi connectivity index (χ1) is 19.1. The maximum absolute atomic E-state index is 12.4. The number of nitrogen functional groups attached to an aromatic ring is 1. The molecule has 0 aliphatic carbocycles. The van der Waals surface area contributed by atoms with Crippen molar-refractivity contribution in [2.24, 2.45) is 0 Å². The second kappa shape index (κ2) is 11.1. The van der Waals surface area contributed by atoms with E-state index in [4.69, 9.17) is 41.4 Å². The summed E-state index contributed by atoms with van der Waals surface area (Å²) in [7, 11) is 0. The van der Waals surface area contributed by atoms with Crippen molar-refractivity contribution in [3.8, 4) is 5.88 Å². The van der Waals surface area contributed by atoms with Crippen LogP contribution in [0.3, 0.4) is 0 Å². The number of carbonyl (C=O) groups is 2. The van der Waals surface area contributed by atoms with Crippen LogP contribution in [0, 0.1) is 0 Å². The van der Waals surface area contributed by atoms with E-state index in [0.717, 1.165) is 6.20 Å². The lowest BCUT2D eigenvalue weighted by Crippen LogP contribution is -2.35. The number of hydrogen-bond donors (Lipinski definition) is 5. The number of anilines is 4. The zero-order valence-corrected chi connectivity index (χ0v) is 22.1. The number of nitrogens with one attached hydrogen (secondary N) is 3. The Bertz CT molecular complexity index is 1410. The van der Waals surface area contributed by atoms with Crippen molar-refractivity contribution in [3.05, 3.63) is 59.5 Å². The minimum absolute atomic E-state index is 0.0242. The monoisotopic (exact) mass is 571 g/mol. The number of nitrogens with zero attached hydrogens (tertiary/aromatic N) is 3. The molecule has 2 aliphatic rings. The fourth-order valence-corrected chi connectivity index (χ4v) is 4.50. The fraction of sp³-hybridized carbons (Fsp3) is 0.320.